The number of thiophene rings is 1. The molecule has 0 saturated heterocycles. The van der Waals surface area contributed by atoms with E-state index in [9.17, 15) is 4.79 Å². The number of ketones is 1. The Hall–Kier alpha value is -0.930. The van der Waals surface area contributed by atoms with E-state index in [1.54, 1.807) is 11.3 Å². The molecule has 2 rings (SSSR count). The highest BCUT2D eigenvalue weighted by molar-refractivity contribution is 9.10. The van der Waals surface area contributed by atoms with E-state index in [1.807, 2.05) is 43.3 Å². The van der Waals surface area contributed by atoms with Gasteiger partial charge in [0, 0.05) is 15.3 Å². The van der Waals surface area contributed by atoms with E-state index in [0.29, 0.717) is 0 Å². The molecule has 1 atom stereocenters. The van der Waals surface area contributed by atoms with Gasteiger partial charge in [-0.15, -0.1) is 11.3 Å². The Morgan fingerprint density at radius 1 is 1.33 bits per heavy atom. The van der Waals surface area contributed by atoms with Crippen LogP contribution in [0.3, 0.4) is 0 Å². The van der Waals surface area contributed by atoms with E-state index < -0.39 is 0 Å². The molecule has 2 aromatic rings. The van der Waals surface area contributed by atoms with Gasteiger partial charge < -0.3 is 0 Å². The van der Waals surface area contributed by atoms with Gasteiger partial charge in [0.15, 0.2) is 5.78 Å². The van der Waals surface area contributed by atoms with Crippen molar-refractivity contribution >= 4 is 33.0 Å². The van der Waals surface area contributed by atoms with Crippen LogP contribution in [-0.2, 0) is 0 Å². The minimum Gasteiger partial charge on any atom is -0.293 e. The van der Waals surface area contributed by atoms with Crippen molar-refractivity contribution in [3.05, 3.63) is 56.2 Å². The fourth-order valence-electron chi connectivity index (χ4n) is 2.01. The Balaban J connectivity index is 2.31. The fourth-order valence-corrected chi connectivity index (χ4v) is 3.54. The molecule has 1 aromatic carbocycles. The van der Waals surface area contributed by atoms with E-state index >= 15 is 0 Å². The summed E-state index contributed by atoms with van der Waals surface area (Å²) in [5.41, 5.74) is 1.10. The zero-order valence-corrected chi connectivity index (χ0v) is 12.8. The molecule has 18 heavy (non-hydrogen) atoms. The minimum atomic E-state index is -0.0313. The second-order valence-electron chi connectivity index (χ2n) is 4.25. The lowest BCUT2D eigenvalue weighted by molar-refractivity contribution is 0.0961. The molecule has 1 aromatic heterocycles. The predicted molar refractivity (Wildman–Crippen MR) is 80.6 cm³/mol. The molecular formula is C15H15BrOS. The summed E-state index contributed by atoms with van der Waals surface area (Å²) in [5.74, 6) is 0.193. The van der Waals surface area contributed by atoms with E-state index in [4.69, 9.17) is 0 Å². The number of benzene rings is 1. The number of rotatable bonds is 4. The van der Waals surface area contributed by atoms with Crippen LogP contribution < -0.4 is 0 Å². The number of Topliss-reactive ketones (excluding diaryl/α,β-unsaturated/α-hetero) is 1. The molecule has 0 saturated carbocycles. The first-order valence-electron chi connectivity index (χ1n) is 5.98. The first-order valence-corrected chi connectivity index (χ1v) is 7.59. The van der Waals surface area contributed by atoms with Crippen LogP contribution in [0.1, 0.15) is 39.4 Å². The van der Waals surface area contributed by atoms with Crippen molar-refractivity contribution in [2.45, 2.75) is 26.2 Å². The molecule has 0 aliphatic rings. The van der Waals surface area contributed by atoms with Crippen molar-refractivity contribution in [2.24, 2.45) is 0 Å². The van der Waals surface area contributed by atoms with Crippen molar-refractivity contribution in [1.82, 2.24) is 0 Å². The summed E-state index contributed by atoms with van der Waals surface area (Å²) < 4.78 is 1.03. The summed E-state index contributed by atoms with van der Waals surface area (Å²) in [6.45, 7) is 4.08. The van der Waals surface area contributed by atoms with Gasteiger partial charge in [-0.05, 0) is 40.9 Å². The Labute approximate surface area is 120 Å². The minimum absolute atomic E-state index is 0.0313. The highest BCUT2D eigenvalue weighted by Gasteiger charge is 2.22. The van der Waals surface area contributed by atoms with Gasteiger partial charge in [-0.25, -0.2) is 0 Å². The van der Waals surface area contributed by atoms with Gasteiger partial charge in [0.25, 0.3) is 0 Å². The highest BCUT2D eigenvalue weighted by atomic mass is 79.9. The van der Waals surface area contributed by atoms with Crippen LogP contribution in [0.15, 0.2) is 40.9 Å². The highest BCUT2D eigenvalue weighted by Crippen LogP contribution is 2.31. The van der Waals surface area contributed by atoms with Gasteiger partial charge in [0.05, 0.1) is 4.88 Å². The number of hydrogen-bond acceptors (Lipinski definition) is 2. The van der Waals surface area contributed by atoms with Crippen molar-refractivity contribution in [3.63, 3.8) is 0 Å². The SMILES string of the molecule is CCC(C(=O)c1cc(Br)c(C)s1)c1ccccc1. The first kappa shape index (κ1) is 13.5. The molecule has 0 N–H and O–H groups in total. The third-order valence-corrected chi connectivity index (χ3v) is 5.18. The topological polar surface area (TPSA) is 17.1 Å². The molecule has 94 valence electrons. The largest absolute Gasteiger partial charge is 0.293 e. The average Bonchev–Trinajstić information content (AvgIpc) is 2.72. The average molecular weight is 323 g/mol. The molecule has 0 radical (unpaired) electrons. The lowest BCUT2D eigenvalue weighted by Gasteiger charge is -2.12. The first-order chi connectivity index (χ1) is 8.63. The van der Waals surface area contributed by atoms with E-state index in [-0.39, 0.29) is 11.7 Å². The summed E-state index contributed by atoms with van der Waals surface area (Å²) >= 11 is 5.03. The molecule has 1 nitrogen and oxygen atoms in total. The fraction of sp³-hybridized carbons (Fsp3) is 0.267. The van der Waals surface area contributed by atoms with Gasteiger partial charge in [-0.2, -0.15) is 0 Å². The van der Waals surface area contributed by atoms with Gasteiger partial charge in [0.1, 0.15) is 0 Å². The maximum absolute atomic E-state index is 12.5. The smallest absolute Gasteiger partial charge is 0.180 e. The second kappa shape index (κ2) is 5.81. The molecule has 3 heteroatoms. The quantitative estimate of drug-likeness (QED) is 0.707. The van der Waals surface area contributed by atoms with E-state index in [1.165, 1.54) is 0 Å². The van der Waals surface area contributed by atoms with Gasteiger partial charge in [0.2, 0.25) is 0 Å². The number of hydrogen-bond donors (Lipinski definition) is 0. The lowest BCUT2D eigenvalue weighted by atomic mass is 9.91. The molecule has 0 aliphatic heterocycles. The molecular weight excluding hydrogens is 308 g/mol. The van der Waals surface area contributed by atoms with E-state index in [0.717, 1.165) is 26.2 Å². The maximum atomic E-state index is 12.5. The van der Waals surface area contributed by atoms with Crippen molar-refractivity contribution in [2.75, 3.05) is 0 Å². The van der Waals surface area contributed by atoms with Crippen LogP contribution in [0.2, 0.25) is 0 Å². The molecule has 1 heterocycles. The zero-order chi connectivity index (χ0) is 13.1. The molecule has 1 unspecified atom stereocenters. The van der Waals surface area contributed by atoms with Gasteiger partial charge in [-0.3, -0.25) is 4.79 Å². The summed E-state index contributed by atoms with van der Waals surface area (Å²) in [5, 5.41) is 0. The molecule has 0 amide bonds. The molecule has 0 aliphatic carbocycles. The van der Waals surface area contributed by atoms with Crippen LogP contribution in [0.4, 0.5) is 0 Å². The number of carbonyl (C=O) groups is 1. The number of carbonyl (C=O) groups excluding carboxylic acids is 1. The van der Waals surface area contributed by atoms with Crippen LogP contribution >= 0.6 is 27.3 Å². The molecule has 0 fully saturated rings. The Morgan fingerprint density at radius 2 is 2.00 bits per heavy atom. The summed E-state index contributed by atoms with van der Waals surface area (Å²) in [6.07, 6.45) is 0.831. The lowest BCUT2D eigenvalue weighted by Crippen LogP contribution is -2.10. The number of aryl methyl sites for hydroxylation is 1. The van der Waals surface area contributed by atoms with Gasteiger partial charge >= 0.3 is 0 Å². The molecule has 0 spiro atoms. The van der Waals surface area contributed by atoms with Crippen LogP contribution in [0, 0.1) is 6.92 Å². The monoisotopic (exact) mass is 322 g/mol. The summed E-state index contributed by atoms with van der Waals surface area (Å²) in [7, 11) is 0. The summed E-state index contributed by atoms with van der Waals surface area (Å²) in [4.78, 5) is 14.5. The Bertz CT molecular complexity index is 525. The summed E-state index contributed by atoms with van der Waals surface area (Å²) in [6, 6.07) is 11.9. The second-order valence-corrected chi connectivity index (χ2v) is 6.36. The van der Waals surface area contributed by atoms with Crippen molar-refractivity contribution in [3.8, 4) is 0 Å². The van der Waals surface area contributed by atoms with Crippen molar-refractivity contribution in [1.29, 1.82) is 0 Å². The Morgan fingerprint density at radius 3 is 2.50 bits per heavy atom. The third-order valence-electron chi connectivity index (χ3n) is 3.03. The third kappa shape index (κ3) is 2.73. The van der Waals surface area contributed by atoms with E-state index in [2.05, 4.69) is 22.9 Å². The van der Waals surface area contributed by atoms with Crippen molar-refractivity contribution < 1.29 is 4.79 Å². The van der Waals surface area contributed by atoms with Crippen LogP contribution in [0.25, 0.3) is 0 Å². The predicted octanol–water partition coefficient (Wildman–Crippen LogP) is 5.20. The van der Waals surface area contributed by atoms with Crippen LogP contribution in [-0.4, -0.2) is 5.78 Å². The maximum Gasteiger partial charge on any atom is 0.180 e. The number of halogens is 1. The Kier molecular flexibility index (Phi) is 4.36. The normalized spacial score (nSPS) is 12.4. The van der Waals surface area contributed by atoms with Gasteiger partial charge in [-0.1, -0.05) is 37.3 Å². The standard InChI is InChI=1S/C15H15BrOS/c1-3-12(11-7-5-4-6-8-11)15(17)14-9-13(16)10(2)18-14/h4-9,12H,3H2,1-2H3. The zero-order valence-electron chi connectivity index (χ0n) is 10.4. The van der Waals surface area contributed by atoms with Crippen LogP contribution in [0.5, 0.6) is 0 Å². The molecule has 0 bridgehead atoms.